The van der Waals surface area contributed by atoms with Gasteiger partial charge in [0.05, 0.1) is 5.56 Å². The smallest absolute Gasteiger partial charge is 0.404 e. The van der Waals surface area contributed by atoms with Gasteiger partial charge in [0, 0.05) is 30.1 Å². The van der Waals surface area contributed by atoms with Crippen LogP contribution in [-0.2, 0) is 6.42 Å². The number of aromatic hydroxyl groups is 1. The molecule has 170 valence electrons. The molecule has 0 aliphatic carbocycles. The number of furan rings is 1. The fourth-order valence-corrected chi connectivity index (χ4v) is 4.52. The highest BCUT2D eigenvalue weighted by Crippen LogP contribution is 2.39. The highest BCUT2D eigenvalue weighted by molar-refractivity contribution is 6.12. The average molecular weight is 446 g/mol. The Bertz CT molecular complexity index is 1110. The van der Waals surface area contributed by atoms with Crippen molar-refractivity contribution in [1.82, 2.24) is 10.2 Å². The Hall–Kier alpha value is -3.00. The van der Waals surface area contributed by atoms with E-state index in [9.17, 15) is 23.1 Å². The first-order valence-electron chi connectivity index (χ1n) is 10.7. The van der Waals surface area contributed by atoms with Crippen LogP contribution >= 0.6 is 0 Å². The molecule has 3 aromatic rings. The molecule has 1 amide bonds. The number of carbonyl (C=O) groups excluding carboxylic acids is 1. The van der Waals surface area contributed by atoms with E-state index in [1.54, 1.807) is 6.07 Å². The number of phenols is 1. The van der Waals surface area contributed by atoms with E-state index >= 15 is 0 Å². The highest BCUT2D eigenvalue weighted by Gasteiger charge is 2.44. The predicted molar refractivity (Wildman–Crippen MR) is 116 cm³/mol. The number of likely N-dealkylation sites (tertiary alicyclic amines) is 1. The first kappa shape index (κ1) is 22.2. The molecule has 2 heterocycles. The van der Waals surface area contributed by atoms with Gasteiger partial charge in [-0.05, 0) is 37.9 Å². The van der Waals surface area contributed by atoms with Gasteiger partial charge in [-0.2, -0.15) is 13.2 Å². The molecule has 0 saturated carbocycles. The zero-order valence-electron chi connectivity index (χ0n) is 17.7. The van der Waals surface area contributed by atoms with Crippen molar-refractivity contribution in [3.05, 3.63) is 53.6 Å². The summed E-state index contributed by atoms with van der Waals surface area (Å²) in [5.74, 6) is -0.0952. The Labute approximate surface area is 183 Å². The molecule has 4 rings (SSSR count). The van der Waals surface area contributed by atoms with Crippen LogP contribution < -0.4 is 5.32 Å². The number of hydrogen-bond donors (Lipinski definition) is 2. The van der Waals surface area contributed by atoms with Crippen LogP contribution in [0.25, 0.3) is 22.3 Å². The van der Waals surface area contributed by atoms with Gasteiger partial charge in [0.25, 0.3) is 5.91 Å². The summed E-state index contributed by atoms with van der Waals surface area (Å²) in [6.07, 6.45) is -2.81. The molecule has 1 aliphatic rings. The lowest BCUT2D eigenvalue weighted by Crippen LogP contribution is -2.49. The minimum atomic E-state index is -4.29. The molecule has 2 N–H and O–H groups in total. The number of benzene rings is 2. The van der Waals surface area contributed by atoms with Crippen molar-refractivity contribution < 1.29 is 27.5 Å². The molecular weight excluding hydrogens is 421 g/mol. The van der Waals surface area contributed by atoms with Crippen molar-refractivity contribution in [3.63, 3.8) is 0 Å². The third-order valence-corrected chi connectivity index (χ3v) is 6.07. The quantitative estimate of drug-likeness (QED) is 0.571. The molecule has 0 radical (unpaired) electrons. The average Bonchev–Trinajstić information content (AvgIpc) is 3.18. The molecular formula is C24H25F3N2O3. The fraction of sp³-hybridized carbons (Fsp3) is 0.375. The van der Waals surface area contributed by atoms with Gasteiger partial charge < -0.3 is 14.8 Å². The highest BCUT2D eigenvalue weighted by atomic mass is 19.4. The lowest BCUT2D eigenvalue weighted by molar-refractivity contribution is -0.190. The van der Waals surface area contributed by atoms with Gasteiger partial charge >= 0.3 is 6.18 Å². The number of amides is 1. The van der Waals surface area contributed by atoms with Crippen molar-refractivity contribution in [1.29, 1.82) is 0 Å². The fourth-order valence-electron chi connectivity index (χ4n) is 4.52. The van der Waals surface area contributed by atoms with Crippen molar-refractivity contribution in [3.8, 4) is 17.1 Å². The summed E-state index contributed by atoms with van der Waals surface area (Å²) in [5, 5.41) is 13.7. The van der Waals surface area contributed by atoms with Gasteiger partial charge in [0.1, 0.15) is 23.1 Å². The largest absolute Gasteiger partial charge is 0.508 e. The van der Waals surface area contributed by atoms with E-state index in [1.807, 2.05) is 30.3 Å². The van der Waals surface area contributed by atoms with Crippen LogP contribution in [0.3, 0.4) is 0 Å². The second-order valence-electron chi connectivity index (χ2n) is 8.03. The Morgan fingerprint density at radius 2 is 1.94 bits per heavy atom. The summed E-state index contributed by atoms with van der Waals surface area (Å²) < 4.78 is 46.5. The molecule has 0 spiro atoms. The predicted octanol–water partition coefficient (Wildman–Crippen LogP) is 5.12. The Kier molecular flexibility index (Phi) is 6.15. The maximum Gasteiger partial charge on any atom is 0.404 e. The van der Waals surface area contributed by atoms with Crippen LogP contribution in [0.2, 0.25) is 0 Å². The maximum atomic E-state index is 13.5. The van der Waals surface area contributed by atoms with Crippen LogP contribution in [-0.4, -0.2) is 48.3 Å². The van der Waals surface area contributed by atoms with E-state index in [0.717, 1.165) is 0 Å². The minimum absolute atomic E-state index is 0.0661. The Morgan fingerprint density at radius 3 is 2.62 bits per heavy atom. The Balaban J connectivity index is 1.77. The summed E-state index contributed by atoms with van der Waals surface area (Å²) in [6.45, 7) is 0.472. The van der Waals surface area contributed by atoms with Crippen molar-refractivity contribution in [2.24, 2.45) is 0 Å². The lowest BCUT2D eigenvalue weighted by atomic mass is 9.97. The van der Waals surface area contributed by atoms with Crippen LogP contribution in [0.15, 0.2) is 46.9 Å². The molecule has 1 aromatic heterocycles. The summed E-state index contributed by atoms with van der Waals surface area (Å²) in [6, 6.07) is 10.7. The molecule has 1 aliphatic heterocycles. The van der Waals surface area contributed by atoms with Crippen LogP contribution in [0.5, 0.6) is 5.75 Å². The third kappa shape index (κ3) is 4.19. The number of halogens is 3. The third-order valence-electron chi connectivity index (χ3n) is 6.07. The number of hydrogen-bond acceptors (Lipinski definition) is 4. The van der Waals surface area contributed by atoms with Crippen molar-refractivity contribution in [2.75, 3.05) is 20.1 Å². The van der Waals surface area contributed by atoms with Gasteiger partial charge in [-0.1, -0.05) is 36.8 Å². The van der Waals surface area contributed by atoms with Crippen LogP contribution in [0.4, 0.5) is 13.2 Å². The van der Waals surface area contributed by atoms with Gasteiger partial charge in [-0.25, -0.2) is 0 Å². The number of nitrogens with zero attached hydrogens (tertiary/aromatic N) is 1. The molecule has 1 fully saturated rings. The normalized spacial score (nSPS) is 17.6. The summed E-state index contributed by atoms with van der Waals surface area (Å²) in [5.41, 5.74) is 1.78. The number of rotatable bonds is 5. The first-order chi connectivity index (χ1) is 15.3. The van der Waals surface area contributed by atoms with Gasteiger partial charge in [0.2, 0.25) is 0 Å². The maximum absolute atomic E-state index is 13.5. The van der Waals surface area contributed by atoms with E-state index in [-0.39, 0.29) is 36.6 Å². The van der Waals surface area contributed by atoms with E-state index in [4.69, 9.17) is 4.42 Å². The number of carbonyl (C=O) groups is 1. The van der Waals surface area contributed by atoms with E-state index < -0.39 is 12.2 Å². The van der Waals surface area contributed by atoms with E-state index in [1.165, 1.54) is 18.0 Å². The summed E-state index contributed by atoms with van der Waals surface area (Å²) >= 11 is 0. The molecule has 5 nitrogen and oxygen atoms in total. The zero-order valence-corrected chi connectivity index (χ0v) is 17.7. The molecule has 2 aromatic carbocycles. The van der Waals surface area contributed by atoms with Crippen molar-refractivity contribution in [2.45, 2.75) is 37.9 Å². The van der Waals surface area contributed by atoms with E-state index in [0.29, 0.717) is 47.2 Å². The molecule has 1 unspecified atom stereocenters. The second-order valence-corrected chi connectivity index (χ2v) is 8.03. The number of fused-ring (bicyclic) bond motifs is 1. The zero-order chi connectivity index (χ0) is 22.9. The van der Waals surface area contributed by atoms with Gasteiger partial charge in [-0.15, -0.1) is 0 Å². The first-order valence-corrected chi connectivity index (χ1v) is 10.7. The molecule has 32 heavy (non-hydrogen) atoms. The van der Waals surface area contributed by atoms with Gasteiger partial charge in [-0.3, -0.25) is 9.69 Å². The number of alkyl halides is 3. The Morgan fingerprint density at radius 1 is 1.19 bits per heavy atom. The van der Waals surface area contributed by atoms with Crippen molar-refractivity contribution >= 4 is 16.9 Å². The summed E-state index contributed by atoms with van der Waals surface area (Å²) in [7, 11) is 1.50. The van der Waals surface area contributed by atoms with Gasteiger partial charge in [0.15, 0.2) is 0 Å². The monoisotopic (exact) mass is 446 g/mol. The van der Waals surface area contributed by atoms with Crippen LogP contribution in [0, 0.1) is 0 Å². The van der Waals surface area contributed by atoms with Crippen LogP contribution in [0.1, 0.15) is 35.2 Å². The second kappa shape index (κ2) is 8.86. The summed E-state index contributed by atoms with van der Waals surface area (Å²) in [4.78, 5) is 14.3. The molecule has 1 saturated heterocycles. The lowest BCUT2D eigenvalue weighted by Gasteiger charge is -2.36. The molecule has 1 atom stereocenters. The topological polar surface area (TPSA) is 65.7 Å². The standard InChI is InChI=1S/C24H25F3N2O3/c1-28-23(31)21-20-16(12-14-29-13-6-5-9-19(29)24(25,26)27)17(30)10-11-18(20)32-22(21)15-7-3-2-4-8-15/h2-4,7-8,10-11,19,30H,5-6,9,12-14H2,1H3,(H,28,31). The number of piperidine rings is 1. The number of phenolic OH excluding ortho intramolecular Hbond substituents is 1. The SMILES string of the molecule is CNC(=O)c1c(-c2ccccc2)oc2ccc(O)c(CCN3CCCCC3C(F)(F)F)c12. The molecule has 0 bridgehead atoms. The molecule has 8 heteroatoms. The number of nitrogens with one attached hydrogen (secondary N) is 1. The minimum Gasteiger partial charge on any atom is -0.508 e. The van der Waals surface area contributed by atoms with E-state index in [2.05, 4.69) is 5.32 Å².